The van der Waals surface area contributed by atoms with Crippen molar-refractivity contribution in [1.82, 2.24) is 10.3 Å². The summed E-state index contributed by atoms with van der Waals surface area (Å²) >= 11 is 1.67. The Bertz CT molecular complexity index is 1140. The third-order valence-electron chi connectivity index (χ3n) is 5.96. The Morgan fingerprint density at radius 1 is 1.03 bits per heavy atom. The van der Waals surface area contributed by atoms with Crippen molar-refractivity contribution >= 4 is 39.9 Å². The number of fused-ring (bicyclic) bond motifs is 1. The van der Waals surface area contributed by atoms with Crippen LogP contribution < -0.4 is 15.5 Å². The molecular weight excluding hydrogens is 473 g/mol. The largest absolute Gasteiger partial charge is 0.416 e. The van der Waals surface area contributed by atoms with Crippen molar-refractivity contribution in [3.63, 3.8) is 0 Å². The van der Waals surface area contributed by atoms with Crippen molar-refractivity contribution in [2.75, 3.05) is 42.1 Å². The van der Waals surface area contributed by atoms with E-state index in [1.807, 2.05) is 35.2 Å². The number of carbonyl (C=O) groups is 1. The Hall–Kier alpha value is -2.78. The smallest absolute Gasteiger partial charge is 0.385 e. The number of thioether (sulfide) groups is 1. The Morgan fingerprint density at radius 2 is 1.83 bits per heavy atom. The highest BCUT2D eigenvalue weighted by Gasteiger charge is 2.30. The van der Waals surface area contributed by atoms with Crippen molar-refractivity contribution in [3.05, 3.63) is 60.3 Å². The van der Waals surface area contributed by atoms with E-state index in [-0.39, 0.29) is 5.91 Å². The van der Waals surface area contributed by atoms with Gasteiger partial charge in [-0.25, -0.2) is 0 Å². The Labute approximate surface area is 207 Å². The van der Waals surface area contributed by atoms with Crippen LogP contribution in [0.4, 0.5) is 24.5 Å². The van der Waals surface area contributed by atoms with E-state index in [2.05, 4.69) is 15.6 Å². The molecule has 2 N–H and O–H groups in total. The van der Waals surface area contributed by atoms with Crippen LogP contribution in [0.3, 0.4) is 0 Å². The van der Waals surface area contributed by atoms with Crippen LogP contribution in [0, 0.1) is 0 Å². The lowest BCUT2D eigenvalue weighted by Gasteiger charge is -2.27. The molecule has 1 aliphatic heterocycles. The van der Waals surface area contributed by atoms with E-state index in [0.717, 1.165) is 78.3 Å². The van der Waals surface area contributed by atoms with Gasteiger partial charge in [0.15, 0.2) is 0 Å². The predicted molar refractivity (Wildman–Crippen MR) is 136 cm³/mol. The molecule has 9 heteroatoms. The Morgan fingerprint density at radius 3 is 2.60 bits per heavy atom. The second kappa shape index (κ2) is 11.8. The predicted octanol–water partition coefficient (Wildman–Crippen LogP) is 5.95. The number of hydrogen-bond acceptors (Lipinski definition) is 5. The van der Waals surface area contributed by atoms with Crippen LogP contribution in [-0.4, -0.2) is 42.8 Å². The van der Waals surface area contributed by atoms with Crippen LogP contribution >= 0.6 is 11.8 Å². The van der Waals surface area contributed by atoms with Gasteiger partial charge in [-0.3, -0.25) is 9.78 Å². The Kier molecular flexibility index (Phi) is 8.51. The number of pyridine rings is 1. The molecule has 0 atom stereocenters. The number of nitrogens with zero attached hydrogens (tertiary/aromatic N) is 2. The van der Waals surface area contributed by atoms with E-state index in [9.17, 15) is 18.0 Å². The first-order chi connectivity index (χ1) is 16.9. The number of carbonyl (C=O) groups excluding carboxylic acids is 1. The zero-order chi connectivity index (χ0) is 24.7. The van der Waals surface area contributed by atoms with Crippen LogP contribution in [0.15, 0.2) is 59.6 Å². The van der Waals surface area contributed by atoms with Gasteiger partial charge in [0, 0.05) is 47.5 Å². The highest BCUT2D eigenvalue weighted by molar-refractivity contribution is 7.99. The second-order valence-corrected chi connectivity index (χ2v) is 9.63. The highest BCUT2D eigenvalue weighted by Crippen LogP contribution is 2.34. The molecule has 0 bridgehead atoms. The number of unbranched alkanes of at least 4 members (excludes halogenated alkanes) is 3. The summed E-state index contributed by atoms with van der Waals surface area (Å²) in [6.45, 7) is 2.78. The zero-order valence-electron chi connectivity index (χ0n) is 19.4. The first-order valence-electron chi connectivity index (χ1n) is 11.9. The van der Waals surface area contributed by atoms with E-state index in [0.29, 0.717) is 18.6 Å². The zero-order valence-corrected chi connectivity index (χ0v) is 20.2. The van der Waals surface area contributed by atoms with E-state index in [1.165, 1.54) is 6.07 Å². The van der Waals surface area contributed by atoms with Gasteiger partial charge in [-0.1, -0.05) is 18.9 Å². The van der Waals surface area contributed by atoms with E-state index in [4.69, 9.17) is 0 Å². The number of anilines is 2. The number of hydrogen-bond donors (Lipinski definition) is 2. The normalized spacial score (nSPS) is 14.5. The monoisotopic (exact) mass is 502 g/mol. The molecule has 4 rings (SSSR count). The molecule has 2 heterocycles. The van der Waals surface area contributed by atoms with Gasteiger partial charge in [-0.2, -0.15) is 13.2 Å². The summed E-state index contributed by atoms with van der Waals surface area (Å²) in [6.07, 6.45) is 1.52. The Balaban J connectivity index is 1.14. The minimum atomic E-state index is -4.36. The third-order valence-corrected chi connectivity index (χ3v) is 7.12. The summed E-state index contributed by atoms with van der Waals surface area (Å²) in [5.41, 5.74) is 1.69. The minimum Gasteiger partial charge on any atom is -0.385 e. The van der Waals surface area contributed by atoms with Crippen molar-refractivity contribution in [1.29, 1.82) is 0 Å². The summed E-state index contributed by atoms with van der Waals surface area (Å²) in [5, 5.41) is 7.27. The van der Waals surface area contributed by atoms with Crippen molar-refractivity contribution < 1.29 is 18.0 Å². The topological polar surface area (TPSA) is 57.3 Å². The van der Waals surface area contributed by atoms with Crippen molar-refractivity contribution in [2.24, 2.45) is 0 Å². The average molecular weight is 503 g/mol. The molecular formula is C26H29F3N4OS. The summed E-state index contributed by atoms with van der Waals surface area (Å²) < 4.78 is 38.8. The van der Waals surface area contributed by atoms with Crippen molar-refractivity contribution in [3.8, 4) is 0 Å². The molecule has 1 aromatic heterocycles. The number of rotatable bonds is 10. The summed E-state index contributed by atoms with van der Waals surface area (Å²) in [6, 6.07) is 13.6. The molecule has 3 aromatic rings. The van der Waals surface area contributed by atoms with Crippen LogP contribution in [0.2, 0.25) is 0 Å². The van der Waals surface area contributed by atoms with Crippen molar-refractivity contribution in [2.45, 2.75) is 36.8 Å². The first-order valence-corrected chi connectivity index (χ1v) is 12.8. The molecule has 0 spiro atoms. The minimum absolute atomic E-state index is 0.0998. The average Bonchev–Trinajstić information content (AvgIpc) is 2.85. The standard InChI is InChI=1S/C26H29F3N4OS/c27-26(28,29)19-5-10-22-23(17-19)32-13-11-24(22)35-16-4-2-1-3-12-31-20-6-8-21(9-7-20)33-15-14-30-18-25(33)34/h5-11,13,17,30-31H,1-4,12,14-16,18H2. The molecule has 35 heavy (non-hydrogen) atoms. The first kappa shape index (κ1) is 25.3. The summed E-state index contributed by atoms with van der Waals surface area (Å²) in [4.78, 5) is 18.9. The molecule has 1 saturated heterocycles. The van der Waals surface area contributed by atoms with Gasteiger partial charge in [0.1, 0.15) is 0 Å². The molecule has 0 saturated carbocycles. The summed E-state index contributed by atoms with van der Waals surface area (Å²) in [7, 11) is 0. The van der Waals surface area contributed by atoms with E-state index in [1.54, 1.807) is 18.0 Å². The number of aromatic nitrogens is 1. The maximum absolute atomic E-state index is 12.9. The van der Waals surface area contributed by atoms with E-state index >= 15 is 0 Å². The summed E-state index contributed by atoms with van der Waals surface area (Å²) in [5.74, 6) is 1.02. The van der Waals surface area contributed by atoms with Crippen LogP contribution in [0.1, 0.15) is 31.2 Å². The lowest BCUT2D eigenvalue weighted by Crippen LogP contribution is -2.48. The maximum Gasteiger partial charge on any atom is 0.416 e. The van der Waals surface area contributed by atoms with Gasteiger partial charge >= 0.3 is 6.18 Å². The molecule has 1 amide bonds. The maximum atomic E-state index is 12.9. The number of piperazine rings is 1. The van der Waals surface area contributed by atoms with Crippen LogP contribution in [0.5, 0.6) is 0 Å². The van der Waals surface area contributed by atoms with Gasteiger partial charge in [-0.15, -0.1) is 11.8 Å². The lowest BCUT2D eigenvalue weighted by molar-refractivity contribution is -0.137. The molecule has 1 fully saturated rings. The van der Waals surface area contributed by atoms with Crippen LogP contribution in [-0.2, 0) is 11.0 Å². The van der Waals surface area contributed by atoms with Gasteiger partial charge in [-0.05, 0) is 61.1 Å². The SMILES string of the molecule is O=C1CNCCN1c1ccc(NCCCCCCSc2ccnc3cc(C(F)(F)F)ccc23)cc1. The number of halogens is 3. The number of nitrogens with one attached hydrogen (secondary N) is 2. The lowest BCUT2D eigenvalue weighted by atomic mass is 10.1. The highest BCUT2D eigenvalue weighted by atomic mass is 32.2. The molecule has 186 valence electrons. The number of amides is 1. The molecule has 1 aliphatic rings. The molecule has 0 radical (unpaired) electrons. The molecule has 0 unspecified atom stereocenters. The quantitative estimate of drug-likeness (QED) is 0.265. The molecule has 0 aliphatic carbocycles. The van der Waals surface area contributed by atoms with Gasteiger partial charge in [0.25, 0.3) is 0 Å². The number of alkyl halides is 3. The van der Waals surface area contributed by atoms with Gasteiger partial charge in [0.05, 0.1) is 17.6 Å². The fourth-order valence-corrected chi connectivity index (χ4v) is 5.11. The third kappa shape index (κ3) is 6.89. The van der Waals surface area contributed by atoms with E-state index < -0.39 is 11.7 Å². The fourth-order valence-electron chi connectivity index (χ4n) is 4.06. The van der Waals surface area contributed by atoms with Crippen LogP contribution in [0.25, 0.3) is 10.9 Å². The second-order valence-electron chi connectivity index (χ2n) is 8.50. The van der Waals surface area contributed by atoms with Gasteiger partial charge in [0.2, 0.25) is 5.91 Å². The number of benzene rings is 2. The molecule has 5 nitrogen and oxygen atoms in total. The fraction of sp³-hybridized carbons (Fsp3) is 0.385. The molecule has 2 aromatic carbocycles. The van der Waals surface area contributed by atoms with Gasteiger partial charge < -0.3 is 15.5 Å².